The van der Waals surface area contributed by atoms with Crippen LogP contribution in [0.2, 0.25) is 0 Å². The lowest BCUT2D eigenvalue weighted by atomic mass is 10.1. The number of fused-ring (bicyclic) bond motifs is 2. The topological polar surface area (TPSA) is 228 Å². The highest BCUT2D eigenvalue weighted by Crippen LogP contribution is 2.31. The van der Waals surface area contributed by atoms with Crippen LogP contribution < -0.4 is 11.3 Å². The molecule has 0 saturated heterocycles. The van der Waals surface area contributed by atoms with E-state index < -0.39 is 22.8 Å². The second kappa shape index (κ2) is 15.4. The molecule has 0 saturated carbocycles. The zero-order valence-electron chi connectivity index (χ0n) is 24.8. The fourth-order valence-corrected chi connectivity index (χ4v) is 4.03. The molecule has 4 N–H and O–H groups in total. The van der Waals surface area contributed by atoms with Crippen LogP contribution in [0.5, 0.6) is 23.0 Å². The predicted octanol–water partition coefficient (Wildman–Crippen LogP) is 3.52. The predicted molar refractivity (Wildman–Crippen MR) is 172 cm³/mol. The van der Waals surface area contributed by atoms with Crippen LogP contribution in [0, 0.1) is 0 Å². The van der Waals surface area contributed by atoms with Crippen LogP contribution in [-0.4, -0.2) is 71.7 Å². The van der Waals surface area contributed by atoms with Gasteiger partial charge in [0.05, 0.1) is 24.9 Å². The van der Waals surface area contributed by atoms with E-state index in [0.29, 0.717) is 10.8 Å². The van der Waals surface area contributed by atoms with Gasteiger partial charge in [0.25, 0.3) is 0 Å². The van der Waals surface area contributed by atoms with Gasteiger partial charge in [0, 0.05) is 45.2 Å². The summed E-state index contributed by atoms with van der Waals surface area (Å²) in [6.45, 7) is -0.0321. The van der Waals surface area contributed by atoms with Gasteiger partial charge in [-0.2, -0.15) is 0 Å². The highest BCUT2D eigenvalue weighted by Gasteiger charge is 2.11. The average molecular weight is 659 g/mol. The third kappa shape index (κ3) is 8.05. The first-order valence-electron chi connectivity index (χ1n) is 14.0. The van der Waals surface area contributed by atoms with E-state index in [-0.39, 0.29) is 71.3 Å². The summed E-state index contributed by atoms with van der Waals surface area (Å²) in [4.78, 5) is 43.1. The number of phenolic OH excluding ortho intramolecular Hbond substituents is 4. The lowest BCUT2D eigenvalue weighted by Crippen LogP contribution is -1.99. The minimum Gasteiger partial charge on any atom is -0.504 e. The van der Waals surface area contributed by atoms with Crippen LogP contribution in [0.1, 0.15) is 22.3 Å². The summed E-state index contributed by atoms with van der Waals surface area (Å²) in [6, 6.07) is 15.0. The second-order valence-electron chi connectivity index (χ2n) is 9.56. The number of aromatic hydroxyl groups is 4. The van der Waals surface area contributed by atoms with Crippen LogP contribution in [0.3, 0.4) is 0 Å². The summed E-state index contributed by atoms with van der Waals surface area (Å²) in [5.74, 6) is -1.43. The van der Waals surface area contributed by atoms with Gasteiger partial charge in [-0.25, -0.2) is 9.59 Å². The molecule has 5 aromatic rings. The Kier molecular flexibility index (Phi) is 10.5. The number of hydrogen-bond acceptors (Lipinski definition) is 16. The van der Waals surface area contributed by atoms with E-state index in [1.54, 1.807) is 24.3 Å². The van der Waals surface area contributed by atoms with Gasteiger partial charge in [0.15, 0.2) is 60.6 Å². The Labute approximate surface area is 269 Å². The van der Waals surface area contributed by atoms with Gasteiger partial charge in [-0.15, -0.1) is 0 Å². The largest absolute Gasteiger partial charge is 0.504 e. The third-order valence-corrected chi connectivity index (χ3v) is 6.40. The Morgan fingerprint density at radius 3 is 1.10 bits per heavy atom. The quantitative estimate of drug-likeness (QED) is 0.0442. The molecule has 0 spiro atoms. The second-order valence-corrected chi connectivity index (χ2v) is 9.56. The Hall–Kier alpha value is -6.84. The first-order chi connectivity index (χ1) is 23.3. The van der Waals surface area contributed by atoms with Crippen molar-refractivity contribution in [1.29, 1.82) is 0 Å². The van der Waals surface area contributed by atoms with Gasteiger partial charge in [0.1, 0.15) is 0 Å². The molecular formula is C32H26N4O12. The maximum Gasteiger partial charge on any atom is 0.336 e. The van der Waals surface area contributed by atoms with E-state index in [2.05, 4.69) is 20.6 Å². The summed E-state index contributed by atoms with van der Waals surface area (Å²) in [6.07, 6.45) is 4.86. The van der Waals surface area contributed by atoms with Crippen molar-refractivity contribution in [3.05, 3.63) is 104 Å². The maximum absolute atomic E-state index is 11.4. The summed E-state index contributed by atoms with van der Waals surface area (Å²) >= 11 is 0. The number of hydrogen-bond donors (Lipinski definition) is 4. The smallest absolute Gasteiger partial charge is 0.336 e. The third-order valence-electron chi connectivity index (χ3n) is 6.40. The lowest BCUT2D eigenvalue weighted by Gasteiger charge is -2.05. The molecule has 5 rings (SSSR count). The van der Waals surface area contributed by atoms with Gasteiger partial charge >= 0.3 is 11.3 Å². The van der Waals surface area contributed by atoms with E-state index in [4.69, 9.17) is 28.2 Å². The van der Waals surface area contributed by atoms with Crippen LogP contribution in [0.25, 0.3) is 21.9 Å². The van der Waals surface area contributed by atoms with Crippen LogP contribution in [-0.2, 0) is 19.4 Å². The maximum atomic E-state index is 11.4. The highest BCUT2D eigenvalue weighted by molar-refractivity contribution is 5.94. The fourth-order valence-electron chi connectivity index (χ4n) is 4.03. The van der Waals surface area contributed by atoms with E-state index in [1.165, 1.54) is 61.3 Å². The Morgan fingerprint density at radius 2 is 0.750 bits per heavy atom. The van der Waals surface area contributed by atoms with E-state index in [9.17, 15) is 30.0 Å². The molecule has 246 valence electrons. The first-order valence-corrected chi connectivity index (χ1v) is 14.0. The molecule has 3 aromatic carbocycles. The SMILES string of the molecule is O=c1ccc2ccc(/C=N/OCCO/N=C/c3ccc(/C=N/OCCO/N=C/c4ccc5ccc(=O)oc5c4O)c(O)c3O)c(O)c2o1. The lowest BCUT2D eigenvalue weighted by molar-refractivity contribution is 0.0552. The molecule has 16 nitrogen and oxygen atoms in total. The highest BCUT2D eigenvalue weighted by atomic mass is 16.7. The summed E-state index contributed by atoms with van der Waals surface area (Å²) in [5.41, 5.74) is -0.229. The number of phenols is 4. The molecule has 0 radical (unpaired) electrons. The van der Waals surface area contributed by atoms with Crippen LogP contribution >= 0.6 is 0 Å². The van der Waals surface area contributed by atoms with Crippen molar-refractivity contribution in [2.45, 2.75) is 0 Å². The molecule has 48 heavy (non-hydrogen) atoms. The Morgan fingerprint density at radius 1 is 0.458 bits per heavy atom. The Balaban J connectivity index is 1.01. The Bertz CT molecular complexity index is 2000. The van der Waals surface area contributed by atoms with Gasteiger partial charge in [-0.1, -0.05) is 32.8 Å². The number of oxime groups is 4. The van der Waals surface area contributed by atoms with E-state index in [1.807, 2.05) is 0 Å². The summed E-state index contributed by atoms with van der Waals surface area (Å²) in [5, 5.41) is 57.1. The fraction of sp³-hybridized carbons (Fsp3) is 0.125. The molecule has 2 heterocycles. The molecule has 0 bridgehead atoms. The van der Waals surface area contributed by atoms with Crippen LogP contribution in [0.15, 0.2) is 99.7 Å². The van der Waals surface area contributed by atoms with E-state index >= 15 is 0 Å². The van der Waals surface area contributed by atoms with Gasteiger partial charge in [0.2, 0.25) is 0 Å². The molecule has 0 aliphatic carbocycles. The standard InChI is InChI=1S/C32H26N4O12/c37-25-9-7-19-1-3-23(29(41)31(19)47-25)17-35-45-13-11-43-33-15-21-5-6-22(28(40)27(21)39)16-34-44-12-14-46-36-18-24-4-2-20-8-10-26(38)48-32(20)30(24)42/h1-10,15-18,39-42H,11-14H2/b33-15+,34-16+,35-17+,36-18+. The average Bonchev–Trinajstić information content (AvgIpc) is 3.08. The molecule has 0 fully saturated rings. The van der Waals surface area contributed by atoms with Crippen molar-refractivity contribution in [3.63, 3.8) is 0 Å². The van der Waals surface area contributed by atoms with Crippen molar-refractivity contribution < 1.29 is 48.6 Å². The zero-order valence-corrected chi connectivity index (χ0v) is 24.8. The summed E-state index contributed by atoms with van der Waals surface area (Å²) < 4.78 is 10.0. The number of nitrogens with zero attached hydrogens (tertiary/aromatic N) is 4. The van der Waals surface area contributed by atoms with Crippen molar-refractivity contribution >= 4 is 46.8 Å². The van der Waals surface area contributed by atoms with Crippen molar-refractivity contribution in [2.75, 3.05) is 26.4 Å². The molecule has 2 aromatic heterocycles. The molecule has 0 aliphatic rings. The monoisotopic (exact) mass is 658 g/mol. The van der Waals surface area contributed by atoms with Gasteiger partial charge in [-0.3, -0.25) is 0 Å². The molecule has 0 unspecified atom stereocenters. The van der Waals surface area contributed by atoms with Crippen LogP contribution in [0.4, 0.5) is 0 Å². The van der Waals surface area contributed by atoms with Crippen molar-refractivity contribution in [3.8, 4) is 23.0 Å². The zero-order chi connectivity index (χ0) is 33.9. The summed E-state index contributed by atoms with van der Waals surface area (Å²) in [7, 11) is 0. The minimum atomic E-state index is -0.594. The van der Waals surface area contributed by atoms with E-state index in [0.717, 1.165) is 0 Å². The molecule has 0 atom stereocenters. The molecule has 0 amide bonds. The molecule has 0 aliphatic heterocycles. The normalized spacial score (nSPS) is 11.8. The number of rotatable bonds is 14. The molecular weight excluding hydrogens is 632 g/mol. The van der Waals surface area contributed by atoms with Crippen molar-refractivity contribution in [1.82, 2.24) is 0 Å². The van der Waals surface area contributed by atoms with Gasteiger partial charge in [-0.05, 0) is 36.4 Å². The molecule has 16 heteroatoms. The first kappa shape index (κ1) is 32.6. The van der Waals surface area contributed by atoms with Gasteiger partial charge < -0.3 is 48.6 Å². The van der Waals surface area contributed by atoms with Crippen molar-refractivity contribution in [2.24, 2.45) is 20.6 Å². The number of benzene rings is 3. The minimum absolute atomic E-state index is 0.00385.